The van der Waals surface area contributed by atoms with Crippen LogP contribution in [0.5, 0.6) is 0 Å². The lowest BCUT2D eigenvalue weighted by Gasteiger charge is -2.40. The van der Waals surface area contributed by atoms with Crippen molar-refractivity contribution >= 4 is 27.4 Å². The normalized spacial score (nSPS) is 17.1. The van der Waals surface area contributed by atoms with Crippen LogP contribution in [0.4, 0.5) is 0 Å². The van der Waals surface area contributed by atoms with Crippen LogP contribution >= 0.6 is 0 Å². The van der Waals surface area contributed by atoms with Crippen molar-refractivity contribution in [3.05, 3.63) is 155 Å². The molecule has 1 aliphatic heterocycles. The van der Waals surface area contributed by atoms with Crippen molar-refractivity contribution in [3.8, 4) is 22.9 Å². The summed E-state index contributed by atoms with van der Waals surface area (Å²) in [6.07, 6.45) is 4.43. The molecule has 40 heavy (non-hydrogen) atoms. The zero-order valence-corrected chi connectivity index (χ0v) is 22.4. The summed E-state index contributed by atoms with van der Waals surface area (Å²) < 4.78 is 2.47. The molecule has 0 amide bonds. The molecule has 6 aromatic rings. The van der Waals surface area contributed by atoms with E-state index in [9.17, 15) is 5.26 Å². The summed E-state index contributed by atoms with van der Waals surface area (Å²) >= 11 is 0. The van der Waals surface area contributed by atoms with Gasteiger partial charge in [-0.25, -0.2) is 0 Å². The Labute approximate surface area is 233 Å². The van der Waals surface area contributed by atoms with Crippen LogP contribution in [-0.4, -0.2) is 4.57 Å². The minimum atomic E-state index is -0.405. The molecule has 0 bridgehead atoms. The monoisotopic (exact) mass is 510 g/mol. The third-order valence-corrected chi connectivity index (χ3v) is 8.99. The fourth-order valence-corrected chi connectivity index (χ4v) is 7.50. The molecule has 1 aromatic heterocycles. The molecule has 1 aliphatic carbocycles. The van der Waals surface area contributed by atoms with Gasteiger partial charge in [-0.1, -0.05) is 97.1 Å². The fraction of sp³-hybridized carbons (Fsp3) is 0.0789. The molecular weight excluding hydrogens is 484 g/mol. The molecule has 2 heteroatoms. The van der Waals surface area contributed by atoms with E-state index in [1.165, 1.54) is 60.9 Å². The van der Waals surface area contributed by atoms with Gasteiger partial charge in [0.15, 0.2) is 0 Å². The van der Waals surface area contributed by atoms with Gasteiger partial charge >= 0.3 is 0 Å². The van der Waals surface area contributed by atoms with Crippen molar-refractivity contribution in [2.24, 2.45) is 0 Å². The van der Waals surface area contributed by atoms with E-state index in [0.717, 1.165) is 11.1 Å². The van der Waals surface area contributed by atoms with Crippen molar-refractivity contribution in [2.45, 2.75) is 19.3 Å². The van der Waals surface area contributed by atoms with Crippen LogP contribution in [0.3, 0.4) is 0 Å². The minimum Gasteiger partial charge on any atom is -0.309 e. The van der Waals surface area contributed by atoms with Crippen LogP contribution in [0, 0.1) is 11.3 Å². The topological polar surface area (TPSA) is 28.7 Å². The highest BCUT2D eigenvalue weighted by atomic mass is 15.0. The van der Waals surface area contributed by atoms with Crippen LogP contribution in [0.1, 0.15) is 41.7 Å². The Balaban J connectivity index is 1.63. The maximum Gasteiger partial charge on any atom is 0.0991 e. The van der Waals surface area contributed by atoms with Crippen molar-refractivity contribution < 1.29 is 0 Å². The molecule has 0 N–H and O–H groups in total. The Kier molecular flexibility index (Phi) is 4.67. The maximum atomic E-state index is 9.66. The highest BCUT2D eigenvalue weighted by molar-refractivity contribution is 6.18. The molecule has 0 saturated carbocycles. The van der Waals surface area contributed by atoms with E-state index >= 15 is 0 Å². The first-order valence-electron chi connectivity index (χ1n) is 13.8. The summed E-state index contributed by atoms with van der Waals surface area (Å²) in [5.74, 6) is 0. The van der Waals surface area contributed by atoms with Crippen LogP contribution in [0.15, 0.2) is 127 Å². The van der Waals surface area contributed by atoms with Crippen molar-refractivity contribution in [2.75, 3.05) is 0 Å². The predicted octanol–water partition coefficient (Wildman–Crippen LogP) is 9.33. The van der Waals surface area contributed by atoms with Gasteiger partial charge in [-0.15, -0.1) is 0 Å². The Morgan fingerprint density at radius 2 is 1.52 bits per heavy atom. The third-order valence-electron chi connectivity index (χ3n) is 8.99. The average molecular weight is 511 g/mol. The number of para-hydroxylation sites is 2. The molecule has 5 aromatic carbocycles. The smallest absolute Gasteiger partial charge is 0.0991 e. The number of nitrogens with zero attached hydrogens (tertiary/aromatic N) is 2. The van der Waals surface area contributed by atoms with Gasteiger partial charge in [0.2, 0.25) is 0 Å². The van der Waals surface area contributed by atoms with E-state index < -0.39 is 5.41 Å². The molecule has 2 aliphatic rings. The number of hydrogen-bond donors (Lipinski definition) is 0. The highest BCUT2D eigenvalue weighted by Gasteiger charge is 2.50. The second kappa shape index (κ2) is 8.18. The molecule has 2 heterocycles. The highest BCUT2D eigenvalue weighted by Crippen LogP contribution is 2.60. The summed E-state index contributed by atoms with van der Waals surface area (Å²) in [4.78, 5) is 0. The van der Waals surface area contributed by atoms with Gasteiger partial charge in [-0.05, 0) is 82.6 Å². The summed E-state index contributed by atoms with van der Waals surface area (Å²) in [5, 5.41) is 12.1. The first kappa shape index (κ1) is 22.8. The molecule has 2 nitrogen and oxygen atoms in total. The van der Waals surface area contributed by atoms with Crippen LogP contribution in [0.25, 0.3) is 44.2 Å². The van der Waals surface area contributed by atoms with E-state index in [-0.39, 0.29) is 0 Å². The molecule has 188 valence electrons. The number of allylic oxidation sites excluding steroid dienone is 4. The summed E-state index contributed by atoms with van der Waals surface area (Å²) in [6.45, 7) is 4.42. The van der Waals surface area contributed by atoms with Gasteiger partial charge in [-0.2, -0.15) is 5.26 Å². The van der Waals surface area contributed by atoms with E-state index in [2.05, 4.69) is 128 Å². The number of nitriles is 1. The lowest BCUT2D eigenvalue weighted by Crippen LogP contribution is -2.33. The lowest BCUT2D eigenvalue weighted by atomic mass is 9.65. The van der Waals surface area contributed by atoms with Crippen LogP contribution < -0.4 is 0 Å². The van der Waals surface area contributed by atoms with Crippen molar-refractivity contribution in [1.82, 2.24) is 4.57 Å². The number of rotatable bonds is 2. The molecule has 1 unspecified atom stereocenters. The summed E-state index contributed by atoms with van der Waals surface area (Å²) in [6, 6.07) is 41.6. The van der Waals surface area contributed by atoms with Crippen molar-refractivity contribution in [1.29, 1.82) is 5.26 Å². The SMILES string of the molecule is C/C=C\C1=C(C)C2(c3ccccc31)c1ccccc1-n1c3ccccc3c3c(-c4cccc(C#N)c4)ccc2c31. The number of fused-ring (bicyclic) bond motifs is 9. The van der Waals surface area contributed by atoms with Crippen LogP contribution in [-0.2, 0) is 5.41 Å². The van der Waals surface area contributed by atoms with Gasteiger partial charge in [0.25, 0.3) is 0 Å². The first-order valence-corrected chi connectivity index (χ1v) is 13.8. The van der Waals surface area contributed by atoms with E-state index in [1.807, 2.05) is 18.2 Å². The van der Waals surface area contributed by atoms with E-state index in [0.29, 0.717) is 5.56 Å². The lowest BCUT2D eigenvalue weighted by molar-refractivity contribution is 0.726. The van der Waals surface area contributed by atoms with E-state index in [1.54, 1.807) is 0 Å². The van der Waals surface area contributed by atoms with Gasteiger partial charge in [-0.3, -0.25) is 0 Å². The van der Waals surface area contributed by atoms with Gasteiger partial charge in [0, 0.05) is 10.8 Å². The Morgan fingerprint density at radius 1 is 0.750 bits per heavy atom. The molecule has 0 fully saturated rings. The third kappa shape index (κ3) is 2.67. The second-order valence-corrected chi connectivity index (χ2v) is 10.8. The average Bonchev–Trinajstić information content (AvgIpc) is 3.48. The number of aromatic nitrogens is 1. The molecule has 1 spiro atoms. The Bertz CT molecular complexity index is 2150. The Hall–Kier alpha value is -5.13. The first-order chi connectivity index (χ1) is 19.7. The quantitative estimate of drug-likeness (QED) is 0.228. The van der Waals surface area contributed by atoms with E-state index in [4.69, 9.17) is 0 Å². The largest absolute Gasteiger partial charge is 0.309 e. The van der Waals surface area contributed by atoms with Gasteiger partial charge in [0.05, 0.1) is 33.8 Å². The van der Waals surface area contributed by atoms with Gasteiger partial charge < -0.3 is 4.57 Å². The molecule has 1 atom stereocenters. The minimum absolute atomic E-state index is 0.405. The number of hydrogen-bond acceptors (Lipinski definition) is 1. The van der Waals surface area contributed by atoms with Crippen LogP contribution in [0.2, 0.25) is 0 Å². The summed E-state index contributed by atoms with van der Waals surface area (Å²) in [5.41, 5.74) is 14.1. The predicted molar refractivity (Wildman–Crippen MR) is 165 cm³/mol. The van der Waals surface area contributed by atoms with Crippen molar-refractivity contribution in [3.63, 3.8) is 0 Å². The van der Waals surface area contributed by atoms with Gasteiger partial charge in [0.1, 0.15) is 0 Å². The zero-order valence-electron chi connectivity index (χ0n) is 22.4. The second-order valence-electron chi connectivity index (χ2n) is 10.8. The maximum absolute atomic E-state index is 9.66. The standard InChI is InChI=1S/C38H26N2/c1-3-11-27-24(2)38(31-16-6-4-14-29(27)31)32-17-7-9-19-35(32)40-34-18-8-5-15-30(34)36-28(20-21-33(38)37(36)40)26-13-10-12-25(22-26)23-39/h3-22H,1-2H3/b11-3-. The Morgan fingerprint density at radius 3 is 2.38 bits per heavy atom. The molecule has 0 radical (unpaired) electrons. The molecule has 8 rings (SSSR count). The fourth-order valence-electron chi connectivity index (χ4n) is 7.50. The summed E-state index contributed by atoms with van der Waals surface area (Å²) in [7, 11) is 0. The molecular formula is C38H26N2. The molecule has 0 saturated heterocycles. The zero-order chi connectivity index (χ0) is 27.0. The number of benzene rings is 5.